The van der Waals surface area contributed by atoms with E-state index < -0.39 is 0 Å². The lowest BCUT2D eigenvalue weighted by atomic mass is 9.87. The summed E-state index contributed by atoms with van der Waals surface area (Å²) in [5.74, 6) is 0.385. The topological polar surface area (TPSA) is 58.6 Å². The van der Waals surface area contributed by atoms with E-state index >= 15 is 0 Å². The standard InChI is InChI=1S/C23H30N2O3/c1-6-28-21-10-8-7-9-20(21)24-22(27)15-16-25(17(2)26)19-13-11-18(12-14-19)23(3,4)5/h7-14H,6,15-16H2,1-5H3,(H,24,27). The van der Waals surface area contributed by atoms with Crippen molar-refractivity contribution in [2.24, 2.45) is 0 Å². The lowest BCUT2D eigenvalue weighted by Gasteiger charge is -2.24. The molecule has 0 saturated heterocycles. The zero-order valence-electron chi connectivity index (χ0n) is 17.4. The number of ether oxygens (including phenoxy) is 1. The Morgan fingerprint density at radius 1 is 1.04 bits per heavy atom. The Morgan fingerprint density at radius 3 is 2.25 bits per heavy atom. The van der Waals surface area contributed by atoms with Crippen molar-refractivity contribution in [3.05, 3.63) is 54.1 Å². The molecule has 0 radical (unpaired) electrons. The molecule has 0 aliphatic rings. The summed E-state index contributed by atoms with van der Waals surface area (Å²) < 4.78 is 5.53. The Kier molecular flexibility index (Phi) is 7.21. The Bertz CT molecular complexity index is 807. The van der Waals surface area contributed by atoms with Crippen LogP contribution in [-0.4, -0.2) is 25.0 Å². The van der Waals surface area contributed by atoms with Gasteiger partial charge in [0.1, 0.15) is 5.75 Å². The molecule has 28 heavy (non-hydrogen) atoms. The summed E-state index contributed by atoms with van der Waals surface area (Å²) in [5, 5.41) is 2.87. The normalized spacial score (nSPS) is 11.0. The van der Waals surface area contributed by atoms with Crippen LogP contribution in [0.3, 0.4) is 0 Å². The van der Waals surface area contributed by atoms with Crippen LogP contribution in [0.4, 0.5) is 11.4 Å². The average Bonchev–Trinajstić information content (AvgIpc) is 2.63. The Labute approximate surface area is 167 Å². The molecule has 0 heterocycles. The van der Waals surface area contributed by atoms with Crippen LogP contribution >= 0.6 is 0 Å². The minimum atomic E-state index is -0.162. The van der Waals surface area contributed by atoms with Gasteiger partial charge in [0.05, 0.1) is 12.3 Å². The molecule has 2 rings (SSSR count). The largest absolute Gasteiger partial charge is 0.492 e. The summed E-state index contributed by atoms with van der Waals surface area (Å²) in [7, 11) is 0. The van der Waals surface area contributed by atoms with Crippen LogP contribution in [0.5, 0.6) is 5.75 Å². The van der Waals surface area contributed by atoms with Crippen molar-refractivity contribution in [1.29, 1.82) is 0 Å². The number of hydrogen-bond donors (Lipinski definition) is 1. The molecule has 0 spiro atoms. The lowest BCUT2D eigenvalue weighted by molar-refractivity contribution is -0.117. The predicted molar refractivity (Wildman–Crippen MR) is 114 cm³/mol. The van der Waals surface area contributed by atoms with Gasteiger partial charge in [0.25, 0.3) is 0 Å². The van der Waals surface area contributed by atoms with E-state index in [2.05, 4.69) is 26.1 Å². The number of carbonyl (C=O) groups is 2. The highest BCUT2D eigenvalue weighted by Crippen LogP contribution is 2.26. The molecule has 0 aromatic heterocycles. The van der Waals surface area contributed by atoms with E-state index in [4.69, 9.17) is 4.74 Å². The van der Waals surface area contributed by atoms with Crippen molar-refractivity contribution in [2.45, 2.75) is 46.5 Å². The molecule has 0 unspecified atom stereocenters. The zero-order valence-corrected chi connectivity index (χ0v) is 17.4. The van der Waals surface area contributed by atoms with Crippen molar-refractivity contribution in [1.82, 2.24) is 0 Å². The molecule has 0 saturated carbocycles. The van der Waals surface area contributed by atoms with Gasteiger partial charge >= 0.3 is 0 Å². The molecule has 150 valence electrons. The monoisotopic (exact) mass is 382 g/mol. The molecule has 5 nitrogen and oxygen atoms in total. The van der Waals surface area contributed by atoms with Crippen LogP contribution in [0.15, 0.2) is 48.5 Å². The third kappa shape index (κ3) is 5.84. The van der Waals surface area contributed by atoms with E-state index in [0.29, 0.717) is 24.6 Å². The number of nitrogens with one attached hydrogen (secondary N) is 1. The van der Waals surface area contributed by atoms with E-state index in [1.165, 1.54) is 12.5 Å². The number of rotatable bonds is 7. The molecule has 0 aliphatic carbocycles. The van der Waals surface area contributed by atoms with Crippen LogP contribution in [-0.2, 0) is 15.0 Å². The van der Waals surface area contributed by atoms with E-state index in [-0.39, 0.29) is 23.7 Å². The fourth-order valence-corrected chi connectivity index (χ4v) is 2.89. The Morgan fingerprint density at radius 2 is 1.68 bits per heavy atom. The Hall–Kier alpha value is -2.82. The minimum absolute atomic E-state index is 0.0490. The summed E-state index contributed by atoms with van der Waals surface area (Å²) in [6, 6.07) is 15.3. The van der Waals surface area contributed by atoms with Gasteiger partial charge < -0.3 is 15.0 Å². The first-order valence-corrected chi connectivity index (χ1v) is 9.62. The second kappa shape index (κ2) is 9.40. The maximum Gasteiger partial charge on any atom is 0.226 e. The SMILES string of the molecule is CCOc1ccccc1NC(=O)CCN(C(C)=O)c1ccc(C(C)(C)C)cc1. The number of hydrogen-bond acceptors (Lipinski definition) is 3. The number of para-hydroxylation sites is 2. The number of anilines is 2. The molecule has 2 aromatic rings. The highest BCUT2D eigenvalue weighted by molar-refractivity contribution is 5.95. The van der Waals surface area contributed by atoms with Crippen molar-refractivity contribution < 1.29 is 14.3 Å². The molecular weight excluding hydrogens is 352 g/mol. The maximum absolute atomic E-state index is 12.4. The molecule has 2 amide bonds. The van der Waals surface area contributed by atoms with Gasteiger partial charge in [0, 0.05) is 25.6 Å². The van der Waals surface area contributed by atoms with Gasteiger partial charge in [0.2, 0.25) is 11.8 Å². The minimum Gasteiger partial charge on any atom is -0.492 e. The first kappa shape index (κ1) is 21.5. The van der Waals surface area contributed by atoms with Crippen LogP contribution in [0.2, 0.25) is 0 Å². The molecule has 0 fully saturated rings. The van der Waals surface area contributed by atoms with E-state index in [0.717, 1.165) is 5.69 Å². The highest BCUT2D eigenvalue weighted by atomic mass is 16.5. The number of benzene rings is 2. The van der Waals surface area contributed by atoms with Gasteiger partial charge in [-0.15, -0.1) is 0 Å². The van der Waals surface area contributed by atoms with Gasteiger partial charge in [0.15, 0.2) is 0 Å². The van der Waals surface area contributed by atoms with Crippen LogP contribution in [0.25, 0.3) is 0 Å². The van der Waals surface area contributed by atoms with Gasteiger partial charge in [-0.1, -0.05) is 45.0 Å². The van der Waals surface area contributed by atoms with Gasteiger partial charge in [-0.3, -0.25) is 9.59 Å². The summed E-state index contributed by atoms with van der Waals surface area (Å²) in [5.41, 5.74) is 2.68. The quantitative estimate of drug-likeness (QED) is 0.751. The summed E-state index contributed by atoms with van der Waals surface area (Å²) in [6.45, 7) is 10.7. The highest BCUT2D eigenvalue weighted by Gasteiger charge is 2.17. The predicted octanol–water partition coefficient (Wildman–Crippen LogP) is 4.76. The first-order valence-electron chi connectivity index (χ1n) is 9.62. The molecule has 1 N–H and O–H groups in total. The van der Waals surface area contributed by atoms with Gasteiger partial charge in [-0.25, -0.2) is 0 Å². The fraction of sp³-hybridized carbons (Fsp3) is 0.391. The van der Waals surface area contributed by atoms with Crippen LogP contribution in [0.1, 0.15) is 46.6 Å². The van der Waals surface area contributed by atoms with Gasteiger partial charge in [-0.2, -0.15) is 0 Å². The number of amides is 2. The number of nitrogens with zero attached hydrogens (tertiary/aromatic N) is 1. The Balaban J connectivity index is 2.03. The third-order valence-electron chi connectivity index (χ3n) is 4.45. The second-order valence-corrected chi connectivity index (χ2v) is 7.69. The molecule has 0 bridgehead atoms. The first-order chi connectivity index (χ1) is 13.2. The van der Waals surface area contributed by atoms with Crippen LogP contribution < -0.4 is 15.0 Å². The summed E-state index contributed by atoms with van der Waals surface area (Å²) in [6.07, 6.45) is 0.195. The van der Waals surface area contributed by atoms with E-state index in [1.54, 1.807) is 11.0 Å². The lowest BCUT2D eigenvalue weighted by Crippen LogP contribution is -2.32. The second-order valence-electron chi connectivity index (χ2n) is 7.69. The molecule has 0 aliphatic heterocycles. The van der Waals surface area contributed by atoms with Crippen molar-refractivity contribution in [2.75, 3.05) is 23.4 Å². The summed E-state index contributed by atoms with van der Waals surface area (Å²) >= 11 is 0. The summed E-state index contributed by atoms with van der Waals surface area (Å²) in [4.78, 5) is 26.1. The average molecular weight is 383 g/mol. The molecule has 0 atom stereocenters. The molecule has 5 heteroatoms. The third-order valence-corrected chi connectivity index (χ3v) is 4.45. The van der Waals surface area contributed by atoms with E-state index in [1.807, 2.05) is 49.4 Å². The van der Waals surface area contributed by atoms with Crippen molar-refractivity contribution in [3.8, 4) is 5.75 Å². The smallest absolute Gasteiger partial charge is 0.226 e. The maximum atomic E-state index is 12.4. The fourth-order valence-electron chi connectivity index (χ4n) is 2.89. The van der Waals surface area contributed by atoms with Crippen molar-refractivity contribution >= 4 is 23.2 Å². The number of carbonyl (C=O) groups excluding carboxylic acids is 2. The van der Waals surface area contributed by atoms with Crippen molar-refractivity contribution in [3.63, 3.8) is 0 Å². The van der Waals surface area contributed by atoms with Gasteiger partial charge in [-0.05, 0) is 42.2 Å². The van der Waals surface area contributed by atoms with Crippen LogP contribution in [0, 0.1) is 0 Å². The molecule has 2 aromatic carbocycles. The van der Waals surface area contributed by atoms with E-state index in [9.17, 15) is 9.59 Å². The molecular formula is C23H30N2O3. The zero-order chi connectivity index (χ0) is 20.7.